The number of benzene rings is 2. The fraction of sp³-hybridized carbons (Fsp3) is 0.364. The van der Waals surface area contributed by atoms with E-state index >= 15 is 0 Å². The second kappa shape index (κ2) is 12.6. The highest BCUT2D eigenvalue weighted by Crippen LogP contribution is 2.29. The molecule has 0 radical (unpaired) electrons. The molecule has 0 saturated heterocycles. The van der Waals surface area contributed by atoms with Crippen molar-refractivity contribution in [2.75, 3.05) is 11.1 Å². The Hall–Kier alpha value is -4.73. The van der Waals surface area contributed by atoms with E-state index in [-0.39, 0.29) is 34.9 Å². The highest BCUT2D eigenvalue weighted by molar-refractivity contribution is 6.16. The predicted molar refractivity (Wildman–Crippen MR) is 167 cm³/mol. The molecule has 1 saturated carbocycles. The van der Waals surface area contributed by atoms with Crippen LogP contribution in [0.4, 0.5) is 11.6 Å². The van der Waals surface area contributed by atoms with Crippen molar-refractivity contribution < 1.29 is 14.1 Å². The largest absolute Gasteiger partial charge is 0.457 e. The summed E-state index contributed by atoms with van der Waals surface area (Å²) in [6.45, 7) is 8.01. The Bertz CT molecular complexity index is 1550. The summed E-state index contributed by atoms with van der Waals surface area (Å²) in [4.78, 5) is 21.6. The Balaban J connectivity index is 1.18. The van der Waals surface area contributed by atoms with Crippen molar-refractivity contribution in [3.8, 4) is 11.5 Å². The molecule has 2 aromatic heterocycles. The van der Waals surface area contributed by atoms with Crippen LogP contribution in [0.2, 0.25) is 0 Å². The number of hydrogen-bond acceptors (Lipinski definition) is 9. The van der Waals surface area contributed by atoms with E-state index in [2.05, 4.69) is 46.5 Å². The number of nitrogens with one attached hydrogen (secondary N) is 3. The zero-order valence-corrected chi connectivity index (χ0v) is 25.1. The number of carbonyl (C=O) groups is 1. The third-order valence-electron chi connectivity index (χ3n) is 7.77. The first-order valence-electron chi connectivity index (χ1n) is 14.6. The van der Waals surface area contributed by atoms with Crippen LogP contribution in [-0.4, -0.2) is 38.8 Å². The smallest absolute Gasteiger partial charge is 0.229 e. The molecule has 2 heterocycles. The summed E-state index contributed by atoms with van der Waals surface area (Å²) in [7, 11) is 0. The van der Waals surface area contributed by atoms with Gasteiger partial charge in [-0.05, 0) is 69.0 Å². The van der Waals surface area contributed by atoms with E-state index in [1.807, 2.05) is 67.6 Å². The Labute approximate surface area is 252 Å². The van der Waals surface area contributed by atoms with Gasteiger partial charge in [-0.25, -0.2) is 9.97 Å². The number of ether oxygens (including phenoxy) is 1. The number of nitrogens with two attached hydrogens (primary N) is 1. The van der Waals surface area contributed by atoms with Crippen LogP contribution in [0.3, 0.4) is 0 Å². The topological polar surface area (TPSA) is 152 Å². The average molecular weight is 582 g/mol. The van der Waals surface area contributed by atoms with Gasteiger partial charge in [0.05, 0.1) is 22.9 Å². The summed E-state index contributed by atoms with van der Waals surface area (Å²) >= 11 is 0. The van der Waals surface area contributed by atoms with Crippen molar-refractivity contribution in [2.24, 2.45) is 0 Å². The van der Waals surface area contributed by atoms with Gasteiger partial charge in [0.25, 0.3) is 0 Å². The lowest BCUT2D eigenvalue weighted by Gasteiger charge is -2.31. The van der Waals surface area contributed by atoms with E-state index in [1.54, 1.807) is 0 Å². The molecule has 10 heteroatoms. The third kappa shape index (κ3) is 7.20. The van der Waals surface area contributed by atoms with Gasteiger partial charge in [0.2, 0.25) is 5.91 Å². The van der Waals surface area contributed by atoms with Crippen LogP contribution >= 0.6 is 0 Å². The standard InChI is InChI=1S/C33H39N7O3/c1-20(26-18-27(43-40-26)33(2,3)4)32(41)39-23-14-12-22(13-15-23)38-31-28(30(35)36-19-37-31)29(34)21-10-16-25(17-11-21)42-24-8-6-5-7-9-24/h5-11,16-20,22-23,34H,12-15H2,1-4H3,(H,39,41)(H3,35,36,37,38)/t20-,22?,23?/m1/s1. The molecule has 1 amide bonds. The summed E-state index contributed by atoms with van der Waals surface area (Å²) in [5, 5.41) is 19.7. The van der Waals surface area contributed by atoms with E-state index in [0.717, 1.165) is 37.2 Å². The van der Waals surface area contributed by atoms with Gasteiger partial charge in [-0.2, -0.15) is 0 Å². The highest BCUT2D eigenvalue weighted by Gasteiger charge is 2.28. The second-order valence-corrected chi connectivity index (χ2v) is 12.1. The molecule has 0 bridgehead atoms. The van der Waals surface area contributed by atoms with Crippen LogP contribution in [0.1, 0.15) is 81.9 Å². The first kappa shape index (κ1) is 29.8. The van der Waals surface area contributed by atoms with E-state index in [9.17, 15) is 4.79 Å². The van der Waals surface area contributed by atoms with Crippen LogP contribution in [0, 0.1) is 5.41 Å². The Morgan fingerprint density at radius 2 is 1.65 bits per heavy atom. The van der Waals surface area contributed by atoms with Crippen molar-refractivity contribution in [1.29, 1.82) is 5.41 Å². The molecule has 1 aliphatic rings. The zero-order valence-electron chi connectivity index (χ0n) is 25.1. The van der Waals surface area contributed by atoms with Crippen molar-refractivity contribution in [3.63, 3.8) is 0 Å². The van der Waals surface area contributed by atoms with Crippen molar-refractivity contribution in [2.45, 2.75) is 76.8 Å². The number of rotatable bonds is 9. The molecule has 43 heavy (non-hydrogen) atoms. The fourth-order valence-corrected chi connectivity index (χ4v) is 5.10. The molecule has 1 aliphatic carbocycles. The van der Waals surface area contributed by atoms with Crippen molar-refractivity contribution in [1.82, 2.24) is 20.4 Å². The first-order valence-corrected chi connectivity index (χ1v) is 14.6. The molecule has 10 nitrogen and oxygen atoms in total. The minimum Gasteiger partial charge on any atom is -0.457 e. The fourth-order valence-electron chi connectivity index (χ4n) is 5.10. The maximum absolute atomic E-state index is 13.0. The maximum Gasteiger partial charge on any atom is 0.229 e. The van der Waals surface area contributed by atoms with Gasteiger partial charge in [-0.15, -0.1) is 0 Å². The molecule has 5 N–H and O–H groups in total. The molecule has 5 rings (SSSR count). The Kier molecular flexibility index (Phi) is 8.75. The van der Waals surface area contributed by atoms with Gasteiger partial charge in [0, 0.05) is 29.1 Å². The van der Waals surface area contributed by atoms with Gasteiger partial charge in [0.15, 0.2) is 0 Å². The lowest BCUT2D eigenvalue weighted by atomic mass is 9.90. The van der Waals surface area contributed by atoms with Crippen LogP contribution in [0.5, 0.6) is 11.5 Å². The molecule has 2 aromatic carbocycles. The molecular weight excluding hydrogens is 542 g/mol. The number of para-hydroxylation sites is 1. The second-order valence-electron chi connectivity index (χ2n) is 12.1. The van der Waals surface area contributed by atoms with Crippen molar-refractivity contribution >= 4 is 23.3 Å². The molecule has 224 valence electrons. The number of carbonyl (C=O) groups excluding carboxylic acids is 1. The molecule has 4 aromatic rings. The molecule has 0 unspecified atom stereocenters. The first-order chi connectivity index (χ1) is 20.6. The summed E-state index contributed by atoms with van der Waals surface area (Å²) in [6.07, 6.45) is 4.71. The lowest BCUT2D eigenvalue weighted by molar-refractivity contribution is -0.123. The highest BCUT2D eigenvalue weighted by atomic mass is 16.5. The van der Waals surface area contributed by atoms with E-state index < -0.39 is 5.92 Å². The van der Waals surface area contributed by atoms with Gasteiger partial charge in [-0.1, -0.05) is 44.1 Å². The van der Waals surface area contributed by atoms with Crippen molar-refractivity contribution in [3.05, 3.63) is 89.6 Å². The molecule has 1 fully saturated rings. The number of nitrogen functional groups attached to an aromatic ring is 1. The van der Waals surface area contributed by atoms with Gasteiger partial charge in [-0.3, -0.25) is 10.2 Å². The van der Waals surface area contributed by atoms with Crippen LogP contribution in [0.25, 0.3) is 0 Å². The Morgan fingerprint density at radius 3 is 2.30 bits per heavy atom. The lowest BCUT2D eigenvalue weighted by Crippen LogP contribution is -2.42. The van der Waals surface area contributed by atoms with Gasteiger partial charge >= 0.3 is 0 Å². The number of anilines is 2. The summed E-state index contributed by atoms with van der Waals surface area (Å²) < 4.78 is 11.4. The summed E-state index contributed by atoms with van der Waals surface area (Å²) in [5.41, 5.74) is 8.10. The predicted octanol–water partition coefficient (Wildman–Crippen LogP) is 6.20. The minimum atomic E-state index is -0.396. The quantitative estimate of drug-likeness (QED) is 0.171. The third-order valence-corrected chi connectivity index (χ3v) is 7.77. The van der Waals surface area contributed by atoms with E-state index in [1.165, 1.54) is 6.33 Å². The normalized spacial score (nSPS) is 17.6. The number of amides is 1. The van der Waals surface area contributed by atoms with Crippen LogP contribution < -0.4 is 21.1 Å². The number of aromatic nitrogens is 3. The van der Waals surface area contributed by atoms with Crippen LogP contribution in [-0.2, 0) is 10.2 Å². The summed E-state index contributed by atoms with van der Waals surface area (Å²) in [5.74, 6) is 2.50. The molecule has 0 aliphatic heterocycles. The molecule has 0 spiro atoms. The average Bonchev–Trinajstić information content (AvgIpc) is 3.50. The Morgan fingerprint density at radius 1 is 1.00 bits per heavy atom. The SMILES string of the molecule is C[C@@H](C(=O)NC1CCC(Nc2ncnc(N)c2C(=N)c2ccc(Oc3ccccc3)cc2)CC1)c1cc(C(C)(C)C)on1. The van der Waals surface area contributed by atoms with Gasteiger partial charge in [0.1, 0.15) is 35.2 Å². The number of hydrogen-bond donors (Lipinski definition) is 4. The monoisotopic (exact) mass is 581 g/mol. The zero-order chi connectivity index (χ0) is 30.6. The van der Waals surface area contributed by atoms with Crippen LogP contribution in [0.15, 0.2) is 71.5 Å². The van der Waals surface area contributed by atoms with E-state index in [4.69, 9.17) is 20.4 Å². The maximum atomic E-state index is 13.0. The molecular formula is C33H39N7O3. The van der Waals surface area contributed by atoms with Gasteiger partial charge < -0.3 is 25.6 Å². The summed E-state index contributed by atoms with van der Waals surface area (Å²) in [6, 6.07) is 18.9. The van der Waals surface area contributed by atoms with E-state index in [0.29, 0.717) is 28.4 Å². The number of nitrogens with zero attached hydrogens (tertiary/aromatic N) is 3. The minimum absolute atomic E-state index is 0.0512. The molecule has 1 atom stereocenters.